The number of ketones is 1. The van der Waals surface area contributed by atoms with Crippen LogP contribution in [0.3, 0.4) is 0 Å². The average molecular weight is 461 g/mol. The Morgan fingerprint density at radius 1 is 1.06 bits per heavy atom. The summed E-state index contributed by atoms with van der Waals surface area (Å²) in [6.45, 7) is 1.99. The van der Waals surface area contributed by atoms with Gasteiger partial charge in [-0.1, -0.05) is 54.1 Å². The van der Waals surface area contributed by atoms with Crippen LogP contribution < -0.4 is 10.2 Å². The maximum absolute atomic E-state index is 12.6. The second-order valence-electron chi connectivity index (χ2n) is 7.18. The number of rotatable bonds is 9. The zero-order valence-electron chi connectivity index (χ0n) is 18.3. The second kappa shape index (κ2) is 11.6. The van der Waals surface area contributed by atoms with Crippen LogP contribution in [0.2, 0.25) is 0 Å². The summed E-state index contributed by atoms with van der Waals surface area (Å²) >= 11 is 1.30. The first-order valence-corrected chi connectivity index (χ1v) is 11.1. The normalized spacial score (nSPS) is 11.8. The van der Waals surface area contributed by atoms with Crippen molar-refractivity contribution in [3.63, 3.8) is 0 Å². The molecule has 6 nitrogen and oxygen atoms in total. The fourth-order valence-corrected chi connectivity index (χ4v) is 3.53. The zero-order valence-corrected chi connectivity index (χ0v) is 19.1. The first kappa shape index (κ1) is 23.7. The minimum absolute atomic E-state index is 0.00124. The molecule has 7 heteroatoms. The van der Waals surface area contributed by atoms with Crippen molar-refractivity contribution >= 4 is 40.9 Å². The van der Waals surface area contributed by atoms with Gasteiger partial charge in [0.2, 0.25) is 0 Å². The molecule has 0 saturated heterocycles. The number of aromatic hydroxyl groups is 1. The predicted octanol–water partition coefficient (Wildman–Crippen LogP) is 5.24. The molecular weight excluding hydrogens is 436 g/mol. The van der Waals surface area contributed by atoms with E-state index in [4.69, 9.17) is 4.74 Å². The van der Waals surface area contributed by atoms with Crippen LogP contribution in [0, 0.1) is 6.92 Å². The van der Waals surface area contributed by atoms with Gasteiger partial charge in [-0.25, -0.2) is 5.43 Å². The van der Waals surface area contributed by atoms with Gasteiger partial charge in [0.05, 0.1) is 24.1 Å². The number of carbonyl (C=O) groups excluding carboxylic acids is 2. The van der Waals surface area contributed by atoms with Crippen molar-refractivity contribution in [1.29, 1.82) is 0 Å². The lowest BCUT2D eigenvalue weighted by Gasteiger charge is -2.04. The lowest BCUT2D eigenvalue weighted by atomic mass is 10.1. The van der Waals surface area contributed by atoms with Crippen molar-refractivity contribution in [2.45, 2.75) is 13.3 Å². The highest BCUT2D eigenvalue weighted by atomic mass is 32.1. The molecule has 0 aliphatic heterocycles. The number of amides is 1. The molecular formula is C26H24N2O4S. The SMILES string of the molecule is COc1cc(/C=C/C(CC(=O)/C=C/c2cccc(C)c2)=N\NC(=O)c2cccs2)ccc1O. The lowest BCUT2D eigenvalue weighted by Crippen LogP contribution is -2.19. The molecule has 0 atom stereocenters. The van der Waals surface area contributed by atoms with Gasteiger partial charge in [-0.2, -0.15) is 5.10 Å². The number of aryl methyl sites for hydroxylation is 1. The van der Waals surface area contributed by atoms with Gasteiger partial charge in [-0.3, -0.25) is 9.59 Å². The lowest BCUT2D eigenvalue weighted by molar-refractivity contribution is -0.113. The van der Waals surface area contributed by atoms with Gasteiger partial charge in [0.15, 0.2) is 17.3 Å². The van der Waals surface area contributed by atoms with Crippen molar-refractivity contribution in [2.24, 2.45) is 5.10 Å². The summed E-state index contributed by atoms with van der Waals surface area (Å²) in [7, 11) is 1.47. The van der Waals surface area contributed by atoms with E-state index in [9.17, 15) is 14.7 Å². The topological polar surface area (TPSA) is 88.0 Å². The number of hydrazone groups is 1. The van der Waals surface area contributed by atoms with E-state index in [1.54, 1.807) is 47.9 Å². The number of benzene rings is 2. The summed E-state index contributed by atoms with van der Waals surface area (Å²) in [6.07, 6.45) is 6.64. The Balaban J connectivity index is 1.77. The maximum atomic E-state index is 12.6. The van der Waals surface area contributed by atoms with Crippen molar-refractivity contribution < 1.29 is 19.4 Å². The van der Waals surface area contributed by atoms with Gasteiger partial charge in [-0.05, 0) is 53.8 Å². The van der Waals surface area contributed by atoms with Gasteiger partial charge in [-0.15, -0.1) is 11.3 Å². The Labute approximate surface area is 196 Å². The van der Waals surface area contributed by atoms with Gasteiger partial charge >= 0.3 is 0 Å². The summed E-state index contributed by atoms with van der Waals surface area (Å²) < 4.78 is 5.13. The monoisotopic (exact) mass is 460 g/mol. The first-order valence-electron chi connectivity index (χ1n) is 10.2. The van der Waals surface area contributed by atoms with Crippen LogP contribution in [0.1, 0.15) is 32.8 Å². The molecule has 1 heterocycles. The maximum Gasteiger partial charge on any atom is 0.281 e. The summed E-state index contributed by atoms with van der Waals surface area (Å²) in [4.78, 5) is 25.4. The average Bonchev–Trinajstić information content (AvgIpc) is 3.35. The standard InChI is InChI=1S/C26H24N2O4S/c1-18-5-3-6-19(15-18)9-12-22(29)17-21(27-28-26(31)25-7-4-14-33-25)11-8-20-10-13-23(30)24(16-20)32-2/h3-16,30H,17H2,1-2H3,(H,28,31)/b11-8+,12-9+,27-21+. The van der Waals surface area contributed by atoms with Gasteiger partial charge < -0.3 is 9.84 Å². The molecule has 0 spiro atoms. The molecule has 3 aromatic rings. The van der Waals surface area contributed by atoms with E-state index in [0.29, 0.717) is 16.3 Å². The van der Waals surface area contributed by atoms with Crippen molar-refractivity contribution in [3.8, 4) is 11.5 Å². The summed E-state index contributed by atoms with van der Waals surface area (Å²) in [5.74, 6) is -0.138. The molecule has 0 unspecified atom stereocenters. The number of nitrogens with zero attached hydrogens (tertiary/aromatic N) is 1. The smallest absolute Gasteiger partial charge is 0.281 e. The Morgan fingerprint density at radius 3 is 2.58 bits per heavy atom. The minimum atomic E-state index is -0.343. The predicted molar refractivity (Wildman–Crippen MR) is 133 cm³/mol. The first-order chi connectivity index (χ1) is 15.9. The van der Waals surface area contributed by atoms with Crippen LogP contribution >= 0.6 is 11.3 Å². The number of hydrogen-bond donors (Lipinski definition) is 2. The van der Waals surface area contributed by atoms with Crippen LogP contribution in [0.4, 0.5) is 0 Å². The molecule has 0 bridgehead atoms. The van der Waals surface area contributed by atoms with E-state index in [1.165, 1.54) is 30.6 Å². The summed E-state index contributed by atoms with van der Waals surface area (Å²) in [6, 6.07) is 16.2. The van der Waals surface area contributed by atoms with E-state index >= 15 is 0 Å². The molecule has 1 aromatic heterocycles. The largest absolute Gasteiger partial charge is 0.504 e. The number of methoxy groups -OCH3 is 1. The summed E-state index contributed by atoms with van der Waals surface area (Å²) in [5, 5.41) is 15.7. The number of allylic oxidation sites excluding steroid dienone is 2. The van der Waals surface area contributed by atoms with Crippen LogP contribution in [0.15, 0.2) is 77.2 Å². The third kappa shape index (κ3) is 7.29. The van der Waals surface area contributed by atoms with Gasteiger partial charge in [0, 0.05) is 0 Å². The quantitative estimate of drug-likeness (QED) is 0.260. The van der Waals surface area contributed by atoms with Crippen molar-refractivity contribution in [3.05, 3.63) is 93.7 Å². The van der Waals surface area contributed by atoms with E-state index in [-0.39, 0.29) is 23.9 Å². The highest BCUT2D eigenvalue weighted by molar-refractivity contribution is 7.12. The van der Waals surface area contributed by atoms with E-state index in [2.05, 4.69) is 10.5 Å². The van der Waals surface area contributed by atoms with Crippen LogP contribution in [0.25, 0.3) is 12.2 Å². The molecule has 1 amide bonds. The summed E-state index contributed by atoms with van der Waals surface area (Å²) in [5.41, 5.74) is 5.66. The van der Waals surface area contributed by atoms with E-state index in [0.717, 1.165) is 16.7 Å². The van der Waals surface area contributed by atoms with Crippen molar-refractivity contribution in [1.82, 2.24) is 5.43 Å². The van der Waals surface area contributed by atoms with Crippen molar-refractivity contribution in [2.75, 3.05) is 7.11 Å². The number of phenolic OH excluding ortho intramolecular Hbond substituents is 1. The molecule has 0 fully saturated rings. The molecule has 0 saturated carbocycles. The zero-order chi connectivity index (χ0) is 23.6. The number of nitrogens with one attached hydrogen (secondary N) is 1. The van der Waals surface area contributed by atoms with Gasteiger partial charge in [0.1, 0.15) is 0 Å². The molecule has 0 radical (unpaired) electrons. The fourth-order valence-electron chi connectivity index (χ4n) is 2.91. The minimum Gasteiger partial charge on any atom is -0.504 e. The van der Waals surface area contributed by atoms with Crippen LogP contribution in [0.5, 0.6) is 11.5 Å². The second-order valence-corrected chi connectivity index (χ2v) is 8.12. The van der Waals surface area contributed by atoms with Gasteiger partial charge in [0.25, 0.3) is 5.91 Å². The third-order valence-electron chi connectivity index (χ3n) is 4.58. The molecule has 2 N–H and O–H groups in total. The highest BCUT2D eigenvalue weighted by Gasteiger charge is 2.08. The number of phenols is 1. The van der Waals surface area contributed by atoms with Crippen LogP contribution in [-0.2, 0) is 4.79 Å². The third-order valence-corrected chi connectivity index (χ3v) is 5.45. The fraction of sp³-hybridized carbons (Fsp3) is 0.115. The van der Waals surface area contributed by atoms with Crippen LogP contribution in [-0.4, -0.2) is 29.6 Å². The Morgan fingerprint density at radius 2 is 1.85 bits per heavy atom. The van der Waals surface area contributed by atoms with E-state index in [1.807, 2.05) is 31.2 Å². The molecule has 2 aromatic carbocycles. The number of carbonyl (C=O) groups is 2. The Hall–Kier alpha value is -3.97. The highest BCUT2D eigenvalue weighted by Crippen LogP contribution is 2.26. The molecule has 0 aliphatic rings. The number of thiophene rings is 1. The Bertz CT molecular complexity index is 1210. The Kier molecular flexibility index (Phi) is 8.32. The molecule has 3 rings (SSSR count). The molecule has 168 valence electrons. The number of hydrogen-bond acceptors (Lipinski definition) is 6. The molecule has 0 aliphatic carbocycles. The molecule has 33 heavy (non-hydrogen) atoms. The van der Waals surface area contributed by atoms with E-state index < -0.39 is 0 Å². The number of ether oxygens (including phenoxy) is 1.